The Morgan fingerprint density at radius 1 is 1.16 bits per heavy atom. The molecule has 2 N–H and O–H groups in total. The van der Waals surface area contributed by atoms with Crippen LogP contribution in [-0.2, 0) is 9.59 Å². The van der Waals surface area contributed by atoms with Crippen molar-refractivity contribution in [2.24, 2.45) is 0 Å². The fraction of sp³-hybridized carbons (Fsp3) is 0.857. The van der Waals surface area contributed by atoms with Gasteiger partial charge < -0.3 is 15.5 Å². The molecule has 0 aliphatic carbocycles. The minimum Gasteiger partial charge on any atom is -0.353 e. The molecule has 0 aromatic heterocycles. The van der Waals surface area contributed by atoms with E-state index >= 15 is 0 Å². The van der Waals surface area contributed by atoms with Crippen molar-refractivity contribution in [3.05, 3.63) is 0 Å². The quantitative estimate of drug-likeness (QED) is 0.643. The molecule has 5 heteroatoms. The van der Waals surface area contributed by atoms with Gasteiger partial charge >= 0.3 is 0 Å². The van der Waals surface area contributed by atoms with Crippen molar-refractivity contribution >= 4 is 11.8 Å². The smallest absolute Gasteiger partial charge is 0.242 e. The molecule has 0 spiro atoms. The number of hydrogen-bond acceptors (Lipinski definition) is 3. The second kappa shape index (κ2) is 8.91. The van der Waals surface area contributed by atoms with E-state index in [1.54, 1.807) is 4.90 Å². The Bertz CT molecular complexity index is 294. The van der Waals surface area contributed by atoms with Gasteiger partial charge in [0.15, 0.2) is 0 Å². The van der Waals surface area contributed by atoms with E-state index in [1.807, 2.05) is 6.92 Å². The van der Waals surface area contributed by atoms with E-state index in [9.17, 15) is 9.59 Å². The van der Waals surface area contributed by atoms with Gasteiger partial charge in [0.2, 0.25) is 11.8 Å². The van der Waals surface area contributed by atoms with Gasteiger partial charge in [-0.25, -0.2) is 0 Å². The molecule has 1 unspecified atom stereocenters. The molecule has 0 aromatic rings. The number of hydrogen-bond donors (Lipinski definition) is 2. The van der Waals surface area contributed by atoms with Crippen LogP contribution in [0, 0.1) is 0 Å². The zero-order chi connectivity index (χ0) is 14.1. The van der Waals surface area contributed by atoms with Gasteiger partial charge in [-0.3, -0.25) is 9.59 Å². The fourth-order valence-electron chi connectivity index (χ4n) is 2.39. The Morgan fingerprint density at radius 3 is 2.63 bits per heavy atom. The number of carbonyl (C=O) groups excluding carboxylic acids is 2. The molecule has 2 amide bonds. The lowest BCUT2D eigenvalue weighted by molar-refractivity contribution is -0.138. The van der Waals surface area contributed by atoms with Crippen LogP contribution in [0.3, 0.4) is 0 Å². The van der Waals surface area contributed by atoms with Crippen LogP contribution in [0.5, 0.6) is 0 Å². The van der Waals surface area contributed by atoms with Crippen molar-refractivity contribution < 1.29 is 9.59 Å². The molecule has 110 valence electrons. The van der Waals surface area contributed by atoms with Crippen LogP contribution in [0.4, 0.5) is 0 Å². The fourth-order valence-corrected chi connectivity index (χ4v) is 2.39. The molecule has 19 heavy (non-hydrogen) atoms. The molecule has 1 aliphatic rings. The van der Waals surface area contributed by atoms with Crippen LogP contribution in [0.25, 0.3) is 0 Å². The maximum atomic E-state index is 12.1. The summed E-state index contributed by atoms with van der Waals surface area (Å²) in [4.78, 5) is 25.7. The average molecular weight is 269 g/mol. The highest BCUT2D eigenvalue weighted by atomic mass is 16.2. The van der Waals surface area contributed by atoms with E-state index in [2.05, 4.69) is 17.6 Å². The Labute approximate surface area is 116 Å². The summed E-state index contributed by atoms with van der Waals surface area (Å²) in [6.45, 7) is 7.22. The van der Waals surface area contributed by atoms with Gasteiger partial charge in [-0.05, 0) is 32.2 Å². The van der Waals surface area contributed by atoms with E-state index in [-0.39, 0.29) is 17.9 Å². The van der Waals surface area contributed by atoms with Gasteiger partial charge in [-0.1, -0.05) is 13.8 Å². The minimum absolute atomic E-state index is 0.000233. The lowest BCUT2D eigenvalue weighted by Gasteiger charge is -2.23. The maximum absolute atomic E-state index is 12.1. The number of likely N-dealkylation sites (tertiary alicyclic amines) is 1. The second-order valence-corrected chi connectivity index (χ2v) is 5.04. The Hall–Kier alpha value is -1.10. The predicted octanol–water partition coefficient (Wildman–Crippen LogP) is 0.893. The Balaban J connectivity index is 2.31. The zero-order valence-corrected chi connectivity index (χ0v) is 12.2. The van der Waals surface area contributed by atoms with Gasteiger partial charge in [-0.2, -0.15) is 0 Å². The molecule has 5 nitrogen and oxygen atoms in total. The molecular weight excluding hydrogens is 242 g/mol. The third-order valence-corrected chi connectivity index (χ3v) is 3.37. The van der Waals surface area contributed by atoms with Gasteiger partial charge in [-0.15, -0.1) is 0 Å². The number of nitrogens with one attached hydrogen (secondary N) is 2. The van der Waals surface area contributed by atoms with Gasteiger partial charge in [0, 0.05) is 26.1 Å². The molecular formula is C14H27N3O2. The van der Waals surface area contributed by atoms with Gasteiger partial charge in [0.25, 0.3) is 0 Å². The summed E-state index contributed by atoms with van der Waals surface area (Å²) in [5.41, 5.74) is 0. The first-order chi connectivity index (χ1) is 9.20. The molecule has 1 atom stereocenters. The molecule has 1 rings (SSSR count). The number of rotatable bonds is 8. The molecule has 1 heterocycles. The summed E-state index contributed by atoms with van der Waals surface area (Å²) in [6, 6.07) is -0.245. The zero-order valence-electron chi connectivity index (χ0n) is 12.2. The first kappa shape index (κ1) is 16.0. The largest absolute Gasteiger partial charge is 0.353 e. The summed E-state index contributed by atoms with van der Waals surface area (Å²) in [5, 5.41) is 6.16. The summed E-state index contributed by atoms with van der Waals surface area (Å²) in [6.07, 6.45) is 4.20. The van der Waals surface area contributed by atoms with Crippen molar-refractivity contribution in [2.75, 3.05) is 26.2 Å². The molecule has 0 aromatic carbocycles. The Kier molecular flexibility index (Phi) is 7.48. The number of amides is 2. The molecule has 1 fully saturated rings. The number of carbonyl (C=O) groups is 2. The third kappa shape index (κ3) is 5.19. The van der Waals surface area contributed by atoms with Gasteiger partial charge in [0.1, 0.15) is 6.04 Å². The van der Waals surface area contributed by atoms with E-state index in [1.165, 1.54) is 0 Å². The second-order valence-electron chi connectivity index (χ2n) is 5.04. The van der Waals surface area contributed by atoms with Crippen molar-refractivity contribution in [2.45, 2.75) is 52.0 Å². The first-order valence-electron chi connectivity index (χ1n) is 7.48. The van der Waals surface area contributed by atoms with Crippen LogP contribution >= 0.6 is 0 Å². The van der Waals surface area contributed by atoms with Crippen LogP contribution in [-0.4, -0.2) is 48.9 Å². The van der Waals surface area contributed by atoms with Crippen molar-refractivity contribution in [1.29, 1.82) is 0 Å². The Morgan fingerprint density at radius 2 is 1.95 bits per heavy atom. The van der Waals surface area contributed by atoms with Crippen LogP contribution in [0.15, 0.2) is 0 Å². The molecule has 0 saturated carbocycles. The normalized spacial score (nSPS) is 18.6. The summed E-state index contributed by atoms with van der Waals surface area (Å²) in [5.74, 6) is 0.115. The highest BCUT2D eigenvalue weighted by Gasteiger charge is 2.33. The molecule has 1 aliphatic heterocycles. The molecule has 1 saturated heterocycles. The SMILES string of the molecule is CCCNCCNC(=O)C1CCCN1C(=O)CCC. The van der Waals surface area contributed by atoms with E-state index in [0.717, 1.165) is 45.3 Å². The maximum Gasteiger partial charge on any atom is 0.242 e. The lowest BCUT2D eigenvalue weighted by Crippen LogP contribution is -2.47. The van der Waals surface area contributed by atoms with E-state index in [4.69, 9.17) is 0 Å². The van der Waals surface area contributed by atoms with Crippen LogP contribution in [0.1, 0.15) is 46.0 Å². The van der Waals surface area contributed by atoms with E-state index in [0.29, 0.717) is 13.0 Å². The van der Waals surface area contributed by atoms with Crippen LogP contribution < -0.4 is 10.6 Å². The summed E-state index contributed by atoms with van der Waals surface area (Å²) >= 11 is 0. The monoisotopic (exact) mass is 269 g/mol. The van der Waals surface area contributed by atoms with E-state index < -0.39 is 0 Å². The van der Waals surface area contributed by atoms with Crippen molar-refractivity contribution in [1.82, 2.24) is 15.5 Å². The highest BCUT2D eigenvalue weighted by molar-refractivity contribution is 5.88. The topological polar surface area (TPSA) is 61.4 Å². The highest BCUT2D eigenvalue weighted by Crippen LogP contribution is 2.18. The summed E-state index contributed by atoms with van der Waals surface area (Å²) in [7, 11) is 0. The van der Waals surface area contributed by atoms with Gasteiger partial charge in [0.05, 0.1) is 0 Å². The molecule has 0 radical (unpaired) electrons. The predicted molar refractivity (Wildman–Crippen MR) is 75.8 cm³/mol. The van der Waals surface area contributed by atoms with Crippen molar-refractivity contribution in [3.63, 3.8) is 0 Å². The molecule has 0 bridgehead atoms. The average Bonchev–Trinajstić information content (AvgIpc) is 2.88. The first-order valence-corrected chi connectivity index (χ1v) is 7.48. The number of nitrogens with zero attached hydrogens (tertiary/aromatic N) is 1. The lowest BCUT2D eigenvalue weighted by atomic mass is 10.2. The van der Waals surface area contributed by atoms with Crippen LogP contribution in [0.2, 0.25) is 0 Å². The minimum atomic E-state index is -0.245. The third-order valence-electron chi connectivity index (χ3n) is 3.37. The summed E-state index contributed by atoms with van der Waals surface area (Å²) < 4.78 is 0. The van der Waals surface area contributed by atoms with Crippen molar-refractivity contribution in [3.8, 4) is 0 Å². The standard InChI is InChI=1S/C14H27N3O2/c1-3-6-13(18)17-11-5-7-12(17)14(19)16-10-9-15-8-4-2/h12,15H,3-11H2,1-2H3,(H,16,19).